The Morgan fingerprint density at radius 2 is 1.77 bits per heavy atom. The van der Waals surface area contributed by atoms with E-state index in [-0.39, 0.29) is 5.16 Å². The molecule has 9 heteroatoms. The first-order valence-corrected chi connectivity index (χ1v) is 13.0. The Hall–Kier alpha value is -3.61. The maximum atomic E-state index is 12.7. The molecular weight excluding hydrogens is 460 g/mol. The van der Waals surface area contributed by atoms with Gasteiger partial charge >= 0.3 is 0 Å². The second-order valence-electron chi connectivity index (χ2n) is 8.64. The number of rotatable bonds is 8. The summed E-state index contributed by atoms with van der Waals surface area (Å²) in [6.45, 7) is 3.94. The van der Waals surface area contributed by atoms with Crippen molar-refractivity contribution in [1.29, 1.82) is 5.26 Å². The predicted octanol–water partition coefficient (Wildman–Crippen LogP) is 4.16. The Balaban J connectivity index is 1.79. The molecule has 0 unspecified atom stereocenters. The van der Waals surface area contributed by atoms with Crippen molar-refractivity contribution in [3.63, 3.8) is 0 Å². The Morgan fingerprint density at radius 1 is 1.06 bits per heavy atom. The second-order valence-corrected chi connectivity index (χ2v) is 10.7. The van der Waals surface area contributed by atoms with Gasteiger partial charge in [0, 0.05) is 31.8 Å². The summed E-state index contributed by atoms with van der Waals surface area (Å²) in [5, 5.41) is 13.5. The molecule has 0 radical (unpaired) electrons. The van der Waals surface area contributed by atoms with Crippen LogP contribution in [0.5, 0.6) is 0 Å². The molecular formula is C26H28N6O2S. The number of nitrogens with zero attached hydrogens (tertiary/aromatic N) is 6. The van der Waals surface area contributed by atoms with E-state index < -0.39 is 10.0 Å². The lowest BCUT2D eigenvalue weighted by molar-refractivity contribution is 0.511. The molecule has 4 rings (SSSR count). The van der Waals surface area contributed by atoms with Gasteiger partial charge in [0.1, 0.15) is 5.82 Å². The predicted molar refractivity (Wildman–Crippen MR) is 134 cm³/mol. The normalized spacial score (nSPS) is 11.8. The highest BCUT2D eigenvalue weighted by atomic mass is 32.2. The molecule has 0 aliphatic carbocycles. The van der Waals surface area contributed by atoms with Gasteiger partial charge in [-0.25, -0.2) is 17.7 Å². The van der Waals surface area contributed by atoms with Crippen molar-refractivity contribution in [2.75, 3.05) is 14.1 Å². The first kappa shape index (κ1) is 24.5. The summed E-state index contributed by atoms with van der Waals surface area (Å²) in [7, 11) is -0.854. The zero-order valence-electron chi connectivity index (χ0n) is 20.4. The van der Waals surface area contributed by atoms with Gasteiger partial charge in [0.25, 0.3) is 15.2 Å². The monoisotopic (exact) mass is 488 g/mol. The molecule has 0 aliphatic rings. The van der Waals surface area contributed by atoms with Crippen molar-refractivity contribution in [3.05, 3.63) is 76.7 Å². The van der Waals surface area contributed by atoms with Crippen molar-refractivity contribution < 1.29 is 8.42 Å². The topological polar surface area (TPSA) is 104 Å². The van der Waals surface area contributed by atoms with Gasteiger partial charge in [-0.1, -0.05) is 55.8 Å². The van der Waals surface area contributed by atoms with Gasteiger partial charge in [-0.2, -0.15) is 14.8 Å². The molecule has 2 heterocycles. The van der Waals surface area contributed by atoms with Crippen molar-refractivity contribution >= 4 is 15.7 Å². The third-order valence-electron chi connectivity index (χ3n) is 5.98. The van der Waals surface area contributed by atoms with Crippen LogP contribution in [0.15, 0.2) is 53.7 Å². The summed E-state index contributed by atoms with van der Waals surface area (Å²) in [6, 6.07) is 17.8. The summed E-state index contributed by atoms with van der Waals surface area (Å²) < 4.78 is 28.1. The van der Waals surface area contributed by atoms with Crippen molar-refractivity contribution in [2.45, 2.75) is 44.7 Å². The van der Waals surface area contributed by atoms with E-state index in [2.05, 4.69) is 23.1 Å². The zero-order valence-corrected chi connectivity index (χ0v) is 21.2. The van der Waals surface area contributed by atoms with Crippen LogP contribution in [0.4, 0.5) is 0 Å². The number of sulfonamides is 1. The number of nitriles is 1. The molecule has 0 amide bonds. The Bertz CT molecular complexity index is 1520. The molecule has 180 valence electrons. The van der Waals surface area contributed by atoms with Gasteiger partial charge < -0.3 is 0 Å². The molecule has 0 N–H and O–H groups in total. The first-order valence-electron chi connectivity index (χ1n) is 11.5. The SMILES string of the molecule is CCCCc1nc(C)n2nc(S(=O)(=O)N(C)C)nc2c1Cc1ccc(-c2ccccc2C#N)cc1. The molecule has 8 nitrogen and oxygen atoms in total. The maximum Gasteiger partial charge on any atom is 0.283 e. The van der Waals surface area contributed by atoms with E-state index in [1.165, 1.54) is 18.6 Å². The van der Waals surface area contributed by atoms with E-state index in [4.69, 9.17) is 4.98 Å². The van der Waals surface area contributed by atoms with Crippen LogP contribution in [0.25, 0.3) is 16.8 Å². The third-order valence-corrected chi connectivity index (χ3v) is 7.58. The maximum absolute atomic E-state index is 12.7. The second kappa shape index (κ2) is 9.94. The fraction of sp³-hybridized carbons (Fsp3) is 0.308. The van der Waals surface area contributed by atoms with Crippen molar-refractivity contribution in [3.8, 4) is 17.2 Å². The number of aromatic nitrogens is 4. The average Bonchev–Trinajstić information content (AvgIpc) is 3.32. The van der Waals surface area contributed by atoms with Crippen LogP contribution in [-0.4, -0.2) is 46.4 Å². The molecule has 0 spiro atoms. The van der Waals surface area contributed by atoms with Gasteiger partial charge in [0.2, 0.25) is 0 Å². The first-order chi connectivity index (χ1) is 16.8. The molecule has 0 aliphatic heterocycles. The molecule has 0 bridgehead atoms. The lowest BCUT2D eigenvalue weighted by Crippen LogP contribution is -2.23. The van der Waals surface area contributed by atoms with Gasteiger partial charge in [-0.05, 0) is 42.5 Å². The van der Waals surface area contributed by atoms with E-state index in [1.54, 1.807) is 0 Å². The van der Waals surface area contributed by atoms with Gasteiger partial charge in [-0.15, -0.1) is 5.10 Å². The number of fused-ring (bicyclic) bond motifs is 1. The molecule has 0 saturated carbocycles. The largest absolute Gasteiger partial charge is 0.283 e. The highest BCUT2D eigenvalue weighted by Crippen LogP contribution is 2.26. The van der Waals surface area contributed by atoms with Crippen LogP contribution < -0.4 is 0 Å². The summed E-state index contributed by atoms with van der Waals surface area (Å²) >= 11 is 0. The van der Waals surface area contributed by atoms with Crippen LogP contribution >= 0.6 is 0 Å². The van der Waals surface area contributed by atoms with Crippen LogP contribution in [0.2, 0.25) is 0 Å². The van der Waals surface area contributed by atoms with Crippen molar-refractivity contribution in [1.82, 2.24) is 23.9 Å². The number of hydrogen-bond donors (Lipinski definition) is 0. The van der Waals surface area contributed by atoms with Gasteiger partial charge in [-0.3, -0.25) is 0 Å². The lowest BCUT2D eigenvalue weighted by atomic mass is 9.96. The zero-order chi connectivity index (χ0) is 25.2. The molecule has 0 fully saturated rings. The van der Waals surface area contributed by atoms with E-state index in [0.29, 0.717) is 23.5 Å². The summed E-state index contributed by atoms with van der Waals surface area (Å²) in [5.74, 6) is 0.603. The standard InChI is InChI=1S/C26H28N6O2S/c1-5-6-11-24-23(25-29-26(35(33,34)31(3)4)30-32(25)18(2)28-24)16-19-12-14-20(15-13-19)22-10-8-7-9-21(22)17-27/h7-10,12-15H,5-6,11,16H2,1-4H3. The van der Waals surface area contributed by atoms with E-state index in [1.807, 2.05) is 55.5 Å². The number of unbranched alkanes of at least 4 members (excludes halogenated alkanes) is 1. The minimum absolute atomic E-state index is 0.232. The van der Waals surface area contributed by atoms with Crippen LogP contribution in [-0.2, 0) is 22.9 Å². The highest BCUT2D eigenvalue weighted by molar-refractivity contribution is 7.88. The molecule has 2 aromatic heterocycles. The number of aryl methyl sites for hydroxylation is 2. The Kier molecular flexibility index (Phi) is 6.96. The number of benzene rings is 2. The third kappa shape index (κ3) is 4.81. The minimum Gasteiger partial charge on any atom is -0.238 e. The fourth-order valence-corrected chi connectivity index (χ4v) is 4.71. The van der Waals surface area contributed by atoms with Gasteiger partial charge in [0.15, 0.2) is 5.65 Å². The molecule has 4 aromatic rings. The molecule has 0 atom stereocenters. The summed E-state index contributed by atoms with van der Waals surface area (Å²) in [6.07, 6.45) is 3.30. The fourth-order valence-electron chi connectivity index (χ4n) is 4.00. The highest BCUT2D eigenvalue weighted by Gasteiger charge is 2.26. The van der Waals surface area contributed by atoms with Crippen LogP contribution in [0.3, 0.4) is 0 Å². The molecule has 35 heavy (non-hydrogen) atoms. The van der Waals surface area contributed by atoms with Crippen molar-refractivity contribution in [2.24, 2.45) is 0 Å². The molecule has 0 saturated heterocycles. The van der Waals surface area contributed by atoms with Crippen LogP contribution in [0, 0.1) is 18.3 Å². The minimum atomic E-state index is -3.78. The van der Waals surface area contributed by atoms with Gasteiger partial charge in [0.05, 0.1) is 11.6 Å². The van der Waals surface area contributed by atoms with E-state index in [9.17, 15) is 13.7 Å². The quantitative estimate of drug-likeness (QED) is 0.369. The lowest BCUT2D eigenvalue weighted by Gasteiger charge is -2.12. The summed E-state index contributed by atoms with van der Waals surface area (Å²) in [4.78, 5) is 9.24. The average molecular weight is 489 g/mol. The number of hydrogen-bond acceptors (Lipinski definition) is 6. The van der Waals surface area contributed by atoms with E-state index >= 15 is 0 Å². The van der Waals surface area contributed by atoms with E-state index in [0.717, 1.165) is 51.5 Å². The smallest absolute Gasteiger partial charge is 0.238 e. The molecule has 2 aromatic carbocycles. The van der Waals surface area contributed by atoms with Crippen LogP contribution in [0.1, 0.15) is 48.0 Å². The summed E-state index contributed by atoms with van der Waals surface area (Å²) in [5.41, 5.74) is 5.83. The Labute approximate surface area is 205 Å². The Morgan fingerprint density at radius 3 is 2.43 bits per heavy atom.